The van der Waals surface area contributed by atoms with Crippen molar-refractivity contribution < 1.29 is 9.47 Å². The lowest BCUT2D eigenvalue weighted by Crippen LogP contribution is -2.35. The molecule has 1 aromatic carbocycles. The van der Waals surface area contributed by atoms with E-state index in [9.17, 15) is 0 Å². The van der Waals surface area contributed by atoms with Crippen molar-refractivity contribution >= 4 is 29.9 Å². The summed E-state index contributed by atoms with van der Waals surface area (Å²) in [5, 5.41) is 3.18. The van der Waals surface area contributed by atoms with Crippen LogP contribution in [0.5, 0.6) is 11.5 Å². The lowest BCUT2D eigenvalue weighted by molar-refractivity contribution is 0.354. The van der Waals surface area contributed by atoms with E-state index >= 15 is 0 Å². The molecule has 0 amide bonds. The second-order valence-electron chi connectivity index (χ2n) is 4.95. The second-order valence-corrected chi connectivity index (χ2v) is 4.95. The first-order valence-electron chi connectivity index (χ1n) is 7.39. The number of benzene rings is 1. The van der Waals surface area contributed by atoms with E-state index < -0.39 is 0 Å². The number of guanidine groups is 1. The van der Waals surface area contributed by atoms with Crippen molar-refractivity contribution in [3.05, 3.63) is 23.8 Å². The monoisotopic (exact) mass is 421 g/mol. The topological polar surface area (TPSA) is 68.9 Å². The Morgan fingerprint density at radius 3 is 2.36 bits per heavy atom. The van der Waals surface area contributed by atoms with E-state index in [1.807, 2.05) is 18.2 Å². The lowest BCUT2D eigenvalue weighted by atomic mass is 10.0. The van der Waals surface area contributed by atoms with E-state index in [1.165, 1.54) is 0 Å². The van der Waals surface area contributed by atoms with Crippen LogP contribution in [-0.2, 0) is 6.54 Å². The van der Waals surface area contributed by atoms with Crippen LogP contribution in [-0.4, -0.2) is 26.7 Å². The summed E-state index contributed by atoms with van der Waals surface area (Å²) in [5.41, 5.74) is 6.92. The fraction of sp³-hybridized carbons (Fsp3) is 0.562. The van der Waals surface area contributed by atoms with Crippen LogP contribution in [0.2, 0.25) is 0 Å². The van der Waals surface area contributed by atoms with Gasteiger partial charge in [-0.15, -0.1) is 24.0 Å². The van der Waals surface area contributed by atoms with Crippen molar-refractivity contribution in [2.45, 2.75) is 33.2 Å². The second kappa shape index (κ2) is 11.4. The Labute approximate surface area is 150 Å². The third-order valence-corrected chi connectivity index (χ3v) is 3.61. The maximum Gasteiger partial charge on any atom is 0.188 e. The Hall–Kier alpha value is -1.18. The van der Waals surface area contributed by atoms with Crippen molar-refractivity contribution in [1.82, 2.24) is 5.32 Å². The van der Waals surface area contributed by atoms with Crippen LogP contribution in [0.3, 0.4) is 0 Å². The molecule has 0 heterocycles. The van der Waals surface area contributed by atoms with Gasteiger partial charge in [-0.1, -0.05) is 32.8 Å². The van der Waals surface area contributed by atoms with Gasteiger partial charge in [0.15, 0.2) is 17.5 Å². The van der Waals surface area contributed by atoms with Crippen LogP contribution >= 0.6 is 24.0 Å². The minimum atomic E-state index is 0. The number of nitrogens with zero attached hydrogens (tertiary/aromatic N) is 1. The Bertz CT molecular complexity index is 463. The van der Waals surface area contributed by atoms with Gasteiger partial charge in [-0.2, -0.15) is 0 Å². The molecule has 0 saturated heterocycles. The summed E-state index contributed by atoms with van der Waals surface area (Å²) in [6, 6.07) is 5.74. The first kappa shape index (κ1) is 20.8. The van der Waals surface area contributed by atoms with Gasteiger partial charge in [0, 0.05) is 6.54 Å². The largest absolute Gasteiger partial charge is 0.493 e. The Morgan fingerprint density at radius 2 is 1.82 bits per heavy atom. The summed E-state index contributed by atoms with van der Waals surface area (Å²) in [5.74, 6) is 2.54. The molecule has 22 heavy (non-hydrogen) atoms. The van der Waals surface area contributed by atoms with Gasteiger partial charge < -0.3 is 20.5 Å². The van der Waals surface area contributed by atoms with Crippen molar-refractivity contribution in [1.29, 1.82) is 0 Å². The number of halogens is 1. The van der Waals surface area contributed by atoms with Crippen LogP contribution in [0.4, 0.5) is 0 Å². The van der Waals surface area contributed by atoms with Crippen molar-refractivity contribution in [2.24, 2.45) is 16.6 Å². The molecule has 0 aliphatic carbocycles. The maximum absolute atomic E-state index is 5.89. The van der Waals surface area contributed by atoms with E-state index in [0.717, 1.165) is 24.9 Å². The van der Waals surface area contributed by atoms with Gasteiger partial charge in [-0.25, -0.2) is 4.99 Å². The summed E-state index contributed by atoms with van der Waals surface area (Å²) >= 11 is 0. The third kappa shape index (κ3) is 6.72. The number of ether oxygens (including phenoxy) is 2. The standard InChI is InChI=1S/C16H27N3O2.HI/c1-5-12(6-2)10-18-16(17)19-11-13-7-8-14(20-3)15(9-13)21-4;/h7-9,12H,5-6,10-11H2,1-4H3,(H3,17,18,19);1H. The maximum atomic E-state index is 5.89. The fourth-order valence-corrected chi connectivity index (χ4v) is 2.04. The summed E-state index contributed by atoms with van der Waals surface area (Å²) in [4.78, 5) is 4.35. The van der Waals surface area contributed by atoms with Crippen LogP contribution < -0.4 is 20.5 Å². The smallest absolute Gasteiger partial charge is 0.188 e. The van der Waals surface area contributed by atoms with E-state index in [-0.39, 0.29) is 24.0 Å². The molecule has 0 aromatic heterocycles. The van der Waals surface area contributed by atoms with Gasteiger partial charge in [0.25, 0.3) is 0 Å². The van der Waals surface area contributed by atoms with E-state index in [1.54, 1.807) is 14.2 Å². The highest BCUT2D eigenvalue weighted by Crippen LogP contribution is 2.27. The van der Waals surface area contributed by atoms with E-state index in [4.69, 9.17) is 15.2 Å². The van der Waals surface area contributed by atoms with Gasteiger partial charge >= 0.3 is 0 Å². The Balaban J connectivity index is 0.00000441. The number of methoxy groups -OCH3 is 2. The molecule has 0 fully saturated rings. The first-order valence-corrected chi connectivity index (χ1v) is 7.39. The van der Waals surface area contributed by atoms with E-state index in [2.05, 4.69) is 24.2 Å². The molecule has 126 valence electrons. The molecule has 1 rings (SSSR count). The van der Waals surface area contributed by atoms with Gasteiger partial charge in [0.1, 0.15) is 0 Å². The van der Waals surface area contributed by atoms with E-state index in [0.29, 0.717) is 29.9 Å². The summed E-state index contributed by atoms with van der Waals surface area (Å²) in [6.07, 6.45) is 2.29. The number of nitrogens with two attached hydrogens (primary N) is 1. The number of hydrogen-bond acceptors (Lipinski definition) is 3. The predicted molar refractivity (Wildman–Crippen MR) is 102 cm³/mol. The summed E-state index contributed by atoms with van der Waals surface area (Å²) < 4.78 is 10.5. The molecule has 0 bridgehead atoms. The molecule has 0 spiro atoms. The molecule has 6 heteroatoms. The normalized spacial score (nSPS) is 11.0. The third-order valence-electron chi connectivity index (χ3n) is 3.61. The lowest BCUT2D eigenvalue weighted by Gasteiger charge is -2.13. The molecule has 0 atom stereocenters. The van der Waals surface area contributed by atoms with Crippen LogP contribution in [0.25, 0.3) is 0 Å². The molecule has 1 aromatic rings. The molecule has 0 saturated carbocycles. The number of hydrogen-bond donors (Lipinski definition) is 2. The van der Waals surface area contributed by atoms with Gasteiger partial charge in [0.05, 0.1) is 20.8 Å². The highest BCUT2D eigenvalue weighted by Gasteiger charge is 2.05. The van der Waals surface area contributed by atoms with Crippen LogP contribution in [0, 0.1) is 5.92 Å². The Morgan fingerprint density at radius 1 is 1.18 bits per heavy atom. The summed E-state index contributed by atoms with van der Waals surface area (Å²) in [6.45, 7) is 5.76. The highest BCUT2D eigenvalue weighted by molar-refractivity contribution is 14.0. The molecule has 0 unspecified atom stereocenters. The molecule has 0 aliphatic rings. The fourth-order valence-electron chi connectivity index (χ4n) is 2.04. The average molecular weight is 421 g/mol. The zero-order valence-electron chi connectivity index (χ0n) is 13.9. The zero-order chi connectivity index (χ0) is 15.7. The minimum Gasteiger partial charge on any atom is -0.493 e. The number of rotatable bonds is 8. The van der Waals surface area contributed by atoms with Crippen LogP contribution in [0.15, 0.2) is 23.2 Å². The van der Waals surface area contributed by atoms with Crippen molar-refractivity contribution in [3.63, 3.8) is 0 Å². The molecule has 5 nitrogen and oxygen atoms in total. The predicted octanol–water partition coefficient (Wildman–Crippen LogP) is 3.16. The number of nitrogens with one attached hydrogen (secondary N) is 1. The molecule has 3 N–H and O–H groups in total. The summed E-state index contributed by atoms with van der Waals surface area (Å²) in [7, 11) is 3.24. The highest BCUT2D eigenvalue weighted by atomic mass is 127. The molecular weight excluding hydrogens is 393 g/mol. The first-order chi connectivity index (χ1) is 10.1. The Kier molecular flexibility index (Phi) is 10.8. The molecule has 0 aliphatic heterocycles. The zero-order valence-corrected chi connectivity index (χ0v) is 16.2. The van der Waals surface area contributed by atoms with Gasteiger partial charge in [0.2, 0.25) is 0 Å². The van der Waals surface area contributed by atoms with Gasteiger partial charge in [-0.3, -0.25) is 0 Å². The number of aliphatic imine (C=N–C) groups is 1. The van der Waals surface area contributed by atoms with Crippen molar-refractivity contribution in [2.75, 3.05) is 20.8 Å². The average Bonchev–Trinajstić information content (AvgIpc) is 2.53. The van der Waals surface area contributed by atoms with Crippen molar-refractivity contribution in [3.8, 4) is 11.5 Å². The molecule has 0 radical (unpaired) electrons. The minimum absolute atomic E-state index is 0. The quantitative estimate of drug-likeness (QED) is 0.385. The van der Waals surface area contributed by atoms with Crippen LogP contribution in [0.1, 0.15) is 32.3 Å². The molecular formula is C16H28IN3O2. The SMILES string of the molecule is CCC(CC)CNC(N)=NCc1ccc(OC)c(OC)c1.I. The van der Waals surface area contributed by atoms with Gasteiger partial charge in [-0.05, 0) is 23.6 Å².